The molecule has 2 aliphatic rings. The van der Waals surface area contributed by atoms with Crippen LogP contribution in [0, 0.1) is 11.3 Å². The molecule has 0 aliphatic heterocycles. The van der Waals surface area contributed by atoms with E-state index in [4.69, 9.17) is 4.74 Å². The van der Waals surface area contributed by atoms with Crippen LogP contribution in [0.15, 0.2) is 4.99 Å². The molecule has 2 aliphatic carbocycles. The van der Waals surface area contributed by atoms with Gasteiger partial charge in [-0.2, -0.15) is 0 Å². The number of guanidine groups is 1. The van der Waals surface area contributed by atoms with Gasteiger partial charge in [0.15, 0.2) is 5.96 Å². The lowest BCUT2D eigenvalue weighted by molar-refractivity contribution is 0.0368. The van der Waals surface area contributed by atoms with Crippen LogP contribution in [0.3, 0.4) is 0 Å². The fourth-order valence-electron chi connectivity index (χ4n) is 2.96. The Bertz CT molecular complexity index is 376. The largest absolute Gasteiger partial charge is 0.389 e. The summed E-state index contributed by atoms with van der Waals surface area (Å²) in [5.74, 6) is 1.55. The average molecular weight is 453 g/mol. The molecule has 24 heavy (non-hydrogen) atoms. The predicted octanol–water partition coefficient (Wildman–Crippen LogP) is 2.92. The topological polar surface area (TPSA) is 65.9 Å². The summed E-state index contributed by atoms with van der Waals surface area (Å²) in [6.07, 6.45) is 6.91. The van der Waals surface area contributed by atoms with E-state index in [-0.39, 0.29) is 24.0 Å². The number of rotatable bonds is 8. The molecule has 0 radical (unpaired) electrons. The van der Waals surface area contributed by atoms with Crippen molar-refractivity contribution in [2.45, 2.75) is 71.4 Å². The van der Waals surface area contributed by atoms with Crippen LogP contribution in [0.2, 0.25) is 0 Å². The summed E-state index contributed by atoms with van der Waals surface area (Å²) >= 11 is 0. The summed E-state index contributed by atoms with van der Waals surface area (Å²) in [5.41, 5.74) is 0.475. The van der Waals surface area contributed by atoms with Crippen molar-refractivity contribution in [3.63, 3.8) is 0 Å². The van der Waals surface area contributed by atoms with E-state index in [2.05, 4.69) is 36.4 Å². The zero-order valence-corrected chi connectivity index (χ0v) is 17.8. The Morgan fingerprint density at radius 1 is 1.25 bits per heavy atom. The SMILES string of the molecule is CCNC(=NCC(O)COCC1CC1)NC1CCC(C)(C)CC1.I. The minimum absolute atomic E-state index is 0. The van der Waals surface area contributed by atoms with Crippen molar-refractivity contribution in [3.8, 4) is 0 Å². The molecule has 0 spiro atoms. The molecule has 1 atom stereocenters. The second-order valence-corrected chi connectivity index (χ2v) is 7.94. The Morgan fingerprint density at radius 3 is 2.50 bits per heavy atom. The highest BCUT2D eigenvalue weighted by atomic mass is 127. The van der Waals surface area contributed by atoms with Crippen molar-refractivity contribution < 1.29 is 9.84 Å². The molecule has 0 amide bonds. The second-order valence-electron chi connectivity index (χ2n) is 7.94. The number of halogens is 1. The second kappa shape index (κ2) is 10.8. The maximum absolute atomic E-state index is 9.99. The van der Waals surface area contributed by atoms with E-state index in [0.717, 1.165) is 25.0 Å². The molecule has 3 N–H and O–H groups in total. The first kappa shape index (κ1) is 22.0. The van der Waals surface area contributed by atoms with Crippen LogP contribution in [-0.4, -0.2) is 49.5 Å². The molecule has 142 valence electrons. The van der Waals surface area contributed by atoms with Gasteiger partial charge in [0.05, 0.1) is 19.3 Å². The average Bonchev–Trinajstić information content (AvgIpc) is 3.31. The monoisotopic (exact) mass is 453 g/mol. The van der Waals surface area contributed by atoms with Gasteiger partial charge in [0.2, 0.25) is 0 Å². The first-order chi connectivity index (χ1) is 11.0. The number of nitrogens with zero attached hydrogens (tertiary/aromatic N) is 1. The van der Waals surface area contributed by atoms with Crippen LogP contribution < -0.4 is 10.6 Å². The maximum atomic E-state index is 9.99. The third kappa shape index (κ3) is 8.85. The van der Waals surface area contributed by atoms with Gasteiger partial charge in [0.1, 0.15) is 0 Å². The molecule has 2 saturated carbocycles. The van der Waals surface area contributed by atoms with Crippen molar-refractivity contribution in [2.75, 3.05) is 26.3 Å². The smallest absolute Gasteiger partial charge is 0.191 e. The Hall–Kier alpha value is -0.0800. The summed E-state index contributed by atoms with van der Waals surface area (Å²) in [4.78, 5) is 4.52. The number of nitrogens with one attached hydrogen (secondary N) is 2. The standard InChI is InChI=1S/C18H35N3O2.HI/c1-4-19-17(21-15-7-9-18(2,3)10-8-15)20-11-16(22)13-23-12-14-5-6-14;/h14-16,22H,4-13H2,1-3H3,(H2,19,20,21);1H. The van der Waals surface area contributed by atoms with Crippen LogP contribution in [0.5, 0.6) is 0 Å². The first-order valence-corrected chi connectivity index (χ1v) is 9.29. The van der Waals surface area contributed by atoms with Gasteiger partial charge in [-0.15, -0.1) is 24.0 Å². The summed E-state index contributed by atoms with van der Waals surface area (Å²) < 4.78 is 5.52. The van der Waals surface area contributed by atoms with Crippen molar-refractivity contribution >= 4 is 29.9 Å². The van der Waals surface area contributed by atoms with Gasteiger partial charge in [0.25, 0.3) is 0 Å². The lowest BCUT2D eigenvalue weighted by atomic mass is 9.75. The molecular formula is C18H36IN3O2. The zero-order valence-electron chi connectivity index (χ0n) is 15.5. The highest BCUT2D eigenvalue weighted by Crippen LogP contribution is 2.34. The van der Waals surface area contributed by atoms with E-state index >= 15 is 0 Å². The maximum Gasteiger partial charge on any atom is 0.191 e. The minimum Gasteiger partial charge on any atom is -0.389 e. The highest BCUT2D eigenvalue weighted by molar-refractivity contribution is 14.0. The number of aliphatic hydroxyl groups excluding tert-OH is 1. The first-order valence-electron chi connectivity index (χ1n) is 9.29. The lowest BCUT2D eigenvalue weighted by Gasteiger charge is -2.35. The van der Waals surface area contributed by atoms with Gasteiger partial charge in [-0.25, -0.2) is 0 Å². The molecule has 0 saturated heterocycles. The Labute approximate surface area is 164 Å². The Morgan fingerprint density at radius 2 is 1.92 bits per heavy atom. The van der Waals surface area contributed by atoms with Crippen molar-refractivity contribution in [1.82, 2.24) is 10.6 Å². The molecule has 2 rings (SSSR count). The minimum atomic E-state index is -0.519. The van der Waals surface area contributed by atoms with E-state index in [1.54, 1.807) is 0 Å². The molecule has 0 aromatic rings. The number of hydrogen-bond donors (Lipinski definition) is 3. The van der Waals surface area contributed by atoms with Crippen LogP contribution in [0.4, 0.5) is 0 Å². The van der Waals surface area contributed by atoms with Crippen molar-refractivity contribution in [3.05, 3.63) is 0 Å². The summed E-state index contributed by atoms with van der Waals surface area (Å²) in [6, 6.07) is 0.490. The number of hydrogen-bond acceptors (Lipinski definition) is 3. The quantitative estimate of drug-likeness (QED) is 0.301. The lowest BCUT2D eigenvalue weighted by Crippen LogP contribution is -2.46. The number of ether oxygens (including phenoxy) is 1. The summed E-state index contributed by atoms with van der Waals surface area (Å²) in [7, 11) is 0. The molecule has 0 aromatic heterocycles. The van der Waals surface area contributed by atoms with E-state index in [0.29, 0.717) is 24.6 Å². The van der Waals surface area contributed by atoms with E-state index in [1.807, 2.05) is 0 Å². The number of aliphatic hydroxyl groups is 1. The molecule has 0 heterocycles. The summed E-state index contributed by atoms with van der Waals surface area (Å²) in [5, 5.41) is 16.8. The third-order valence-electron chi connectivity index (χ3n) is 4.85. The van der Waals surface area contributed by atoms with Crippen LogP contribution in [0.25, 0.3) is 0 Å². The van der Waals surface area contributed by atoms with Crippen molar-refractivity contribution in [1.29, 1.82) is 0 Å². The fraction of sp³-hybridized carbons (Fsp3) is 0.944. The summed E-state index contributed by atoms with van der Waals surface area (Å²) in [6.45, 7) is 9.15. The molecular weight excluding hydrogens is 417 g/mol. The van der Waals surface area contributed by atoms with Gasteiger partial charge in [-0.05, 0) is 56.8 Å². The Kier molecular flexibility index (Phi) is 9.89. The molecule has 0 bridgehead atoms. The van der Waals surface area contributed by atoms with Gasteiger partial charge in [0, 0.05) is 19.2 Å². The molecule has 1 unspecified atom stereocenters. The van der Waals surface area contributed by atoms with Gasteiger partial charge < -0.3 is 20.5 Å². The molecule has 2 fully saturated rings. The van der Waals surface area contributed by atoms with E-state index in [9.17, 15) is 5.11 Å². The van der Waals surface area contributed by atoms with Gasteiger partial charge in [-0.3, -0.25) is 4.99 Å². The van der Waals surface area contributed by atoms with Crippen LogP contribution >= 0.6 is 24.0 Å². The van der Waals surface area contributed by atoms with Gasteiger partial charge >= 0.3 is 0 Å². The van der Waals surface area contributed by atoms with Crippen LogP contribution in [-0.2, 0) is 4.74 Å². The zero-order chi connectivity index (χ0) is 16.7. The third-order valence-corrected chi connectivity index (χ3v) is 4.85. The normalized spacial score (nSPS) is 22.6. The Balaban J connectivity index is 0.00000288. The van der Waals surface area contributed by atoms with E-state index < -0.39 is 6.10 Å². The number of aliphatic imine (C=N–C) groups is 1. The molecule has 5 nitrogen and oxygen atoms in total. The van der Waals surface area contributed by atoms with Crippen molar-refractivity contribution in [2.24, 2.45) is 16.3 Å². The highest BCUT2D eigenvalue weighted by Gasteiger charge is 2.27. The molecule has 6 heteroatoms. The fourth-order valence-corrected chi connectivity index (χ4v) is 2.96. The van der Waals surface area contributed by atoms with Gasteiger partial charge in [-0.1, -0.05) is 13.8 Å². The molecule has 0 aromatic carbocycles. The van der Waals surface area contributed by atoms with Crippen LogP contribution in [0.1, 0.15) is 59.3 Å². The van der Waals surface area contributed by atoms with E-state index in [1.165, 1.54) is 38.5 Å². The predicted molar refractivity (Wildman–Crippen MR) is 110 cm³/mol.